The number of nitrogens with zero attached hydrogens (tertiary/aromatic N) is 1. The van der Waals surface area contributed by atoms with Crippen molar-refractivity contribution in [2.24, 2.45) is 0 Å². The van der Waals surface area contributed by atoms with E-state index in [2.05, 4.69) is 21.2 Å². The molecule has 0 amide bonds. The normalized spacial score (nSPS) is 10.3. The first-order chi connectivity index (χ1) is 9.47. The van der Waals surface area contributed by atoms with Crippen molar-refractivity contribution >= 4 is 38.9 Å². The molecule has 0 aromatic heterocycles. The number of nitro groups is 1. The van der Waals surface area contributed by atoms with Gasteiger partial charge in [-0.3, -0.25) is 10.1 Å². The zero-order chi connectivity index (χ0) is 14.7. The zero-order valence-electron chi connectivity index (χ0n) is 10.7. The number of hydrogen-bond donors (Lipinski definition) is 1. The molecule has 0 fully saturated rings. The molecule has 0 atom stereocenters. The molecule has 0 radical (unpaired) electrons. The summed E-state index contributed by atoms with van der Waals surface area (Å²) in [6.45, 7) is 2.50. The van der Waals surface area contributed by atoms with Crippen LogP contribution in [0.2, 0.25) is 5.02 Å². The van der Waals surface area contributed by atoms with Crippen LogP contribution in [0, 0.1) is 17.0 Å². The Morgan fingerprint density at radius 2 is 2.05 bits per heavy atom. The van der Waals surface area contributed by atoms with Crippen molar-refractivity contribution in [3.63, 3.8) is 0 Å². The summed E-state index contributed by atoms with van der Waals surface area (Å²) in [6.07, 6.45) is 0. The Morgan fingerprint density at radius 1 is 1.30 bits per heavy atom. The van der Waals surface area contributed by atoms with Crippen LogP contribution < -0.4 is 5.32 Å². The maximum Gasteiger partial charge on any atom is 0.285 e. The summed E-state index contributed by atoms with van der Waals surface area (Å²) in [7, 11) is 0. The summed E-state index contributed by atoms with van der Waals surface area (Å²) in [4.78, 5) is 10.4. The van der Waals surface area contributed by atoms with Gasteiger partial charge in [-0.15, -0.1) is 0 Å². The molecular formula is C14H12BrClN2O2. The predicted molar refractivity (Wildman–Crippen MR) is 84.3 cm³/mol. The van der Waals surface area contributed by atoms with Gasteiger partial charge in [0.05, 0.1) is 9.40 Å². The van der Waals surface area contributed by atoms with Crippen LogP contribution in [-0.2, 0) is 6.54 Å². The fraction of sp³-hybridized carbons (Fsp3) is 0.143. The van der Waals surface area contributed by atoms with Gasteiger partial charge in [0.15, 0.2) is 0 Å². The molecule has 0 aliphatic heterocycles. The lowest BCUT2D eigenvalue weighted by atomic mass is 10.1. The number of nitro benzene ring substituents is 1. The van der Waals surface area contributed by atoms with Crippen molar-refractivity contribution in [1.29, 1.82) is 0 Å². The van der Waals surface area contributed by atoms with Gasteiger partial charge in [-0.1, -0.05) is 23.7 Å². The number of benzene rings is 2. The Balaban J connectivity index is 2.12. The third-order valence-electron chi connectivity index (χ3n) is 2.88. The van der Waals surface area contributed by atoms with Crippen molar-refractivity contribution in [3.8, 4) is 0 Å². The van der Waals surface area contributed by atoms with Crippen LogP contribution in [0.5, 0.6) is 0 Å². The van der Waals surface area contributed by atoms with E-state index in [1.807, 2.05) is 25.1 Å². The molecule has 0 saturated heterocycles. The fourth-order valence-electron chi connectivity index (χ4n) is 1.71. The zero-order valence-corrected chi connectivity index (χ0v) is 13.0. The van der Waals surface area contributed by atoms with Crippen molar-refractivity contribution in [2.75, 3.05) is 5.32 Å². The second-order valence-corrected chi connectivity index (χ2v) is 5.62. The van der Waals surface area contributed by atoms with Gasteiger partial charge in [0.25, 0.3) is 5.69 Å². The Morgan fingerprint density at radius 3 is 2.70 bits per heavy atom. The Hall–Kier alpha value is -1.59. The number of rotatable bonds is 4. The Bertz CT molecular complexity index is 662. The van der Waals surface area contributed by atoms with E-state index in [0.29, 0.717) is 21.7 Å². The van der Waals surface area contributed by atoms with Gasteiger partial charge < -0.3 is 5.32 Å². The summed E-state index contributed by atoms with van der Waals surface area (Å²) in [5.74, 6) is 0. The average molecular weight is 356 g/mol. The average Bonchev–Trinajstić information content (AvgIpc) is 2.41. The van der Waals surface area contributed by atoms with E-state index in [4.69, 9.17) is 11.6 Å². The van der Waals surface area contributed by atoms with E-state index < -0.39 is 4.92 Å². The van der Waals surface area contributed by atoms with Crippen molar-refractivity contribution in [1.82, 2.24) is 0 Å². The van der Waals surface area contributed by atoms with Crippen LogP contribution in [-0.4, -0.2) is 4.92 Å². The molecular weight excluding hydrogens is 344 g/mol. The highest BCUT2D eigenvalue weighted by Gasteiger charge is 2.12. The number of nitrogens with one attached hydrogen (secondary N) is 1. The number of aryl methyl sites for hydroxylation is 1. The maximum atomic E-state index is 10.9. The van der Waals surface area contributed by atoms with E-state index in [9.17, 15) is 10.1 Å². The lowest BCUT2D eigenvalue weighted by molar-refractivity contribution is -0.385. The molecule has 0 heterocycles. The highest BCUT2D eigenvalue weighted by Crippen LogP contribution is 2.28. The van der Waals surface area contributed by atoms with Gasteiger partial charge in [0.1, 0.15) is 0 Å². The molecule has 0 unspecified atom stereocenters. The van der Waals surface area contributed by atoms with Gasteiger partial charge in [0, 0.05) is 23.3 Å². The highest BCUT2D eigenvalue weighted by molar-refractivity contribution is 9.10. The monoisotopic (exact) mass is 354 g/mol. The van der Waals surface area contributed by atoms with Gasteiger partial charge in [-0.2, -0.15) is 0 Å². The van der Waals surface area contributed by atoms with E-state index in [0.717, 1.165) is 11.1 Å². The Labute approximate surface area is 130 Å². The molecule has 0 saturated carbocycles. The standard InChI is InChI=1S/C14H12BrClN2O2/c1-9-2-3-10(6-13(9)16)8-17-11-4-5-12(15)14(7-11)18(19)20/h2-7,17H,8H2,1H3. The van der Waals surface area contributed by atoms with Crippen LogP contribution in [0.25, 0.3) is 0 Å². The molecule has 0 aliphatic carbocycles. The predicted octanol–water partition coefficient (Wildman–Crippen LogP) is 4.93. The molecule has 0 spiro atoms. The Kier molecular flexibility index (Phi) is 4.62. The summed E-state index contributed by atoms with van der Waals surface area (Å²) in [6, 6.07) is 10.7. The molecule has 104 valence electrons. The lowest BCUT2D eigenvalue weighted by Crippen LogP contribution is -2.00. The fourth-order valence-corrected chi connectivity index (χ4v) is 2.31. The summed E-state index contributed by atoms with van der Waals surface area (Å²) in [5.41, 5.74) is 2.77. The molecule has 0 bridgehead atoms. The van der Waals surface area contributed by atoms with Crippen LogP contribution in [0.3, 0.4) is 0 Å². The number of anilines is 1. The molecule has 2 aromatic rings. The molecule has 1 N–H and O–H groups in total. The SMILES string of the molecule is Cc1ccc(CNc2ccc(Br)c([N+](=O)[O-])c2)cc1Cl. The van der Waals surface area contributed by atoms with Gasteiger partial charge >= 0.3 is 0 Å². The first-order valence-electron chi connectivity index (χ1n) is 5.90. The molecule has 2 rings (SSSR count). The lowest BCUT2D eigenvalue weighted by Gasteiger charge is -2.08. The third kappa shape index (κ3) is 3.49. The molecule has 4 nitrogen and oxygen atoms in total. The largest absolute Gasteiger partial charge is 0.381 e. The van der Waals surface area contributed by atoms with Gasteiger partial charge in [0.2, 0.25) is 0 Å². The smallest absolute Gasteiger partial charge is 0.285 e. The molecule has 6 heteroatoms. The second-order valence-electron chi connectivity index (χ2n) is 4.36. The summed E-state index contributed by atoms with van der Waals surface area (Å²) in [5, 5.41) is 14.7. The van der Waals surface area contributed by atoms with Crippen LogP contribution >= 0.6 is 27.5 Å². The molecule has 2 aromatic carbocycles. The first kappa shape index (κ1) is 14.8. The van der Waals surface area contributed by atoms with Crippen LogP contribution in [0.4, 0.5) is 11.4 Å². The van der Waals surface area contributed by atoms with Gasteiger partial charge in [-0.05, 0) is 52.2 Å². The minimum atomic E-state index is -0.419. The van der Waals surface area contributed by atoms with Gasteiger partial charge in [-0.25, -0.2) is 0 Å². The van der Waals surface area contributed by atoms with E-state index in [1.54, 1.807) is 12.1 Å². The van der Waals surface area contributed by atoms with Crippen molar-refractivity contribution in [3.05, 3.63) is 67.1 Å². The van der Waals surface area contributed by atoms with Crippen molar-refractivity contribution < 1.29 is 4.92 Å². The van der Waals surface area contributed by atoms with E-state index in [-0.39, 0.29) is 5.69 Å². The van der Waals surface area contributed by atoms with Crippen LogP contribution in [0.1, 0.15) is 11.1 Å². The third-order valence-corrected chi connectivity index (χ3v) is 3.95. The second kappa shape index (κ2) is 6.24. The summed E-state index contributed by atoms with van der Waals surface area (Å²) >= 11 is 9.22. The minimum Gasteiger partial charge on any atom is -0.381 e. The van der Waals surface area contributed by atoms with Crippen LogP contribution in [0.15, 0.2) is 40.9 Å². The quantitative estimate of drug-likeness (QED) is 0.625. The van der Waals surface area contributed by atoms with E-state index >= 15 is 0 Å². The highest BCUT2D eigenvalue weighted by atomic mass is 79.9. The molecule has 20 heavy (non-hydrogen) atoms. The topological polar surface area (TPSA) is 55.2 Å². The maximum absolute atomic E-state index is 10.9. The minimum absolute atomic E-state index is 0.0388. The number of halogens is 2. The van der Waals surface area contributed by atoms with Crippen molar-refractivity contribution in [2.45, 2.75) is 13.5 Å². The number of hydrogen-bond acceptors (Lipinski definition) is 3. The molecule has 0 aliphatic rings. The van der Waals surface area contributed by atoms with E-state index in [1.165, 1.54) is 6.07 Å². The summed E-state index contributed by atoms with van der Waals surface area (Å²) < 4.78 is 0.464. The first-order valence-corrected chi connectivity index (χ1v) is 7.07.